The summed E-state index contributed by atoms with van der Waals surface area (Å²) in [5, 5.41) is 4.56. The molecule has 0 aliphatic heterocycles. The summed E-state index contributed by atoms with van der Waals surface area (Å²) >= 11 is 6.33. The van der Waals surface area contributed by atoms with Crippen LogP contribution in [0.1, 0.15) is 44.7 Å². The van der Waals surface area contributed by atoms with Crippen LogP contribution >= 0.6 is 11.6 Å². The van der Waals surface area contributed by atoms with Gasteiger partial charge in [-0.15, -0.1) is 0 Å². The molecule has 0 radical (unpaired) electrons. The first-order valence-electron chi connectivity index (χ1n) is 6.71. The summed E-state index contributed by atoms with van der Waals surface area (Å²) in [4.78, 5) is 0. The van der Waals surface area contributed by atoms with Crippen molar-refractivity contribution in [1.29, 1.82) is 0 Å². The van der Waals surface area contributed by atoms with Crippen molar-refractivity contribution in [2.45, 2.75) is 39.2 Å². The Balaban J connectivity index is 2.16. The Bertz CT molecular complexity index is 360. The molecule has 0 bridgehead atoms. The van der Waals surface area contributed by atoms with Gasteiger partial charge in [-0.3, -0.25) is 0 Å². The summed E-state index contributed by atoms with van der Waals surface area (Å²) < 4.78 is 0. The quantitative estimate of drug-likeness (QED) is 0.789. The molecule has 0 spiro atoms. The Morgan fingerprint density at radius 3 is 2.65 bits per heavy atom. The monoisotopic (exact) mass is 251 g/mol. The summed E-state index contributed by atoms with van der Waals surface area (Å²) in [5.74, 6) is 1.57. The summed E-state index contributed by atoms with van der Waals surface area (Å²) in [6.07, 6.45) is 3.93. The van der Waals surface area contributed by atoms with Crippen molar-refractivity contribution in [2.24, 2.45) is 11.8 Å². The van der Waals surface area contributed by atoms with Gasteiger partial charge in [-0.1, -0.05) is 43.6 Å². The zero-order valence-electron chi connectivity index (χ0n) is 10.7. The SMILES string of the molecule is CCCNC(c1ccccc1Cl)C(C)C1CC1. The predicted octanol–water partition coefficient (Wildman–Crippen LogP) is 4.43. The van der Waals surface area contributed by atoms with E-state index in [1.165, 1.54) is 24.8 Å². The van der Waals surface area contributed by atoms with Gasteiger partial charge in [-0.25, -0.2) is 0 Å². The summed E-state index contributed by atoms with van der Waals surface area (Å²) in [6.45, 7) is 5.62. The van der Waals surface area contributed by atoms with Crippen molar-refractivity contribution in [2.75, 3.05) is 6.54 Å². The topological polar surface area (TPSA) is 12.0 Å². The van der Waals surface area contributed by atoms with E-state index in [4.69, 9.17) is 11.6 Å². The first-order chi connectivity index (χ1) is 8.24. The average molecular weight is 252 g/mol. The molecular formula is C15H22ClN. The van der Waals surface area contributed by atoms with E-state index >= 15 is 0 Å². The van der Waals surface area contributed by atoms with Crippen molar-refractivity contribution < 1.29 is 0 Å². The lowest BCUT2D eigenvalue weighted by Gasteiger charge is -2.26. The van der Waals surface area contributed by atoms with E-state index in [9.17, 15) is 0 Å². The third kappa shape index (κ3) is 3.23. The van der Waals surface area contributed by atoms with Crippen LogP contribution in [-0.2, 0) is 0 Å². The van der Waals surface area contributed by atoms with Crippen LogP contribution in [0.4, 0.5) is 0 Å². The van der Waals surface area contributed by atoms with Crippen LogP contribution in [0, 0.1) is 11.8 Å². The molecule has 2 atom stereocenters. The van der Waals surface area contributed by atoms with Crippen LogP contribution in [0.3, 0.4) is 0 Å². The van der Waals surface area contributed by atoms with Gasteiger partial charge in [0.05, 0.1) is 0 Å². The summed E-state index contributed by atoms with van der Waals surface area (Å²) in [6, 6.07) is 8.66. The summed E-state index contributed by atoms with van der Waals surface area (Å²) in [7, 11) is 0. The number of nitrogens with one attached hydrogen (secondary N) is 1. The largest absolute Gasteiger partial charge is 0.310 e. The molecule has 0 aromatic heterocycles. The predicted molar refractivity (Wildman–Crippen MR) is 74.4 cm³/mol. The Morgan fingerprint density at radius 2 is 2.06 bits per heavy atom. The highest BCUT2D eigenvalue weighted by Crippen LogP contribution is 2.43. The molecule has 2 unspecified atom stereocenters. The smallest absolute Gasteiger partial charge is 0.0453 e. The number of benzene rings is 1. The maximum absolute atomic E-state index is 6.33. The molecule has 1 aromatic carbocycles. The fourth-order valence-corrected chi connectivity index (χ4v) is 2.75. The standard InChI is InChI=1S/C15H22ClN/c1-3-10-17-15(11(2)12-8-9-12)13-6-4-5-7-14(13)16/h4-7,11-12,15,17H,3,8-10H2,1-2H3. The second-order valence-corrected chi connectivity index (χ2v) is 5.56. The number of hydrogen-bond donors (Lipinski definition) is 1. The Labute approximate surface area is 110 Å². The molecule has 0 saturated heterocycles. The molecule has 1 fully saturated rings. The first-order valence-corrected chi connectivity index (χ1v) is 7.09. The van der Waals surface area contributed by atoms with E-state index in [-0.39, 0.29) is 0 Å². The third-order valence-corrected chi connectivity index (χ3v) is 4.09. The molecule has 1 aliphatic rings. The Hall–Kier alpha value is -0.530. The van der Waals surface area contributed by atoms with E-state index in [0.29, 0.717) is 12.0 Å². The van der Waals surface area contributed by atoms with Gasteiger partial charge in [-0.05, 0) is 49.3 Å². The van der Waals surface area contributed by atoms with Gasteiger partial charge in [0.1, 0.15) is 0 Å². The molecule has 17 heavy (non-hydrogen) atoms. The second kappa shape index (κ2) is 5.88. The molecule has 94 valence electrons. The normalized spacial score (nSPS) is 19.0. The molecule has 0 amide bonds. The van der Waals surface area contributed by atoms with Crippen LogP contribution < -0.4 is 5.32 Å². The van der Waals surface area contributed by atoms with E-state index in [1.807, 2.05) is 12.1 Å². The van der Waals surface area contributed by atoms with Crippen molar-refractivity contribution in [1.82, 2.24) is 5.32 Å². The zero-order chi connectivity index (χ0) is 12.3. The Kier molecular flexibility index (Phi) is 4.47. The zero-order valence-corrected chi connectivity index (χ0v) is 11.5. The number of rotatable bonds is 6. The third-order valence-electron chi connectivity index (χ3n) is 3.75. The minimum Gasteiger partial charge on any atom is -0.310 e. The van der Waals surface area contributed by atoms with Crippen molar-refractivity contribution in [3.05, 3.63) is 34.9 Å². The average Bonchev–Trinajstić information content (AvgIpc) is 3.15. The van der Waals surface area contributed by atoms with Gasteiger partial charge in [0.15, 0.2) is 0 Å². The number of hydrogen-bond acceptors (Lipinski definition) is 1. The minimum atomic E-state index is 0.413. The molecule has 1 N–H and O–H groups in total. The van der Waals surface area contributed by atoms with Gasteiger partial charge in [0.25, 0.3) is 0 Å². The van der Waals surface area contributed by atoms with Crippen LogP contribution in [0.2, 0.25) is 5.02 Å². The van der Waals surface area contributed by atoms with Crippen molar-refractivity contribution in [3.63, 3.8) is 0 Å². The van der Waals surface area contributed by atoms with Gasteiger partial charge in [0, 0.05) is 11.1 Å². The van der Waals surface area contributed by atoms with Gasteiger partial charge in [-0.2, -0.15) is 0 Å². The van der Waals surface area contributed by atoms with Gasteiger partial charge < -0.3 is 5.32 Å². The molecule has 1 aromatic rings. The number of halogens is 1. The maximum Gasteiger partial charge on any atom is 0.0453 e. The highest BCUT2D eigenvalue weighted by Gasteiger charge is 2.34. The van der Waals surface area contributed by atoms with Crippen LogP contribution in [0.15, 0.2) is 24.3 Å². The van der Waals surface area contributed by atoms with E-state index in [1.54, 1.807) is 0 Å². The highest BCUT2D eigenvalue weighted by molar-refractivity contribution is 6.31. The lowest BCUT2D eigenvalue weighted by molar-refractivity contribution is 0.350. The van der Waals surface area contributed by atoms with E-state index in [2.05, 4.69) is 31.3 Å². The Morgan fingerprint density at radius 1 is 1.35 bits per heavy atom. The first kappa shape index (κ1) is 12.9. The minimum absolute atomic E-state index is 0.413. The summed E-state index contributed by atoms with van der Waals surface area (Å²) in [5.41, 5.74) is 1.27. The van der Waals surface area contributed by atoms with E-state index < -0.39 is 0 Å². The molecule has 2 heteroatoms. The van der Waals surface area contributed by atoms with Crippen molar-refractivity contribution >= 4 is 11.6 Å². The molecule has 1 saturated carbocycles. The fourth-order valence-electron chi connectivity index (χ4n) is 2.50. The fraction of sp³-hybridized carbons (Fsp3) is 0.600. The highest BCUT2D eigenvalue weighted by atomic mass is 35.5. The molecule has 1 nitrogen and oxygen atoms in total. The van der Waals surface area contributed by atoms with Gasteiger partial charge in [0.2, 0.25) is 0 Å². The maximum atomic E-state index is 6.33. The van der Waals surface area contributed by atoms with E-state index in [0.717, 1.165) is 17.5 Å². The van der Waals surface area contributed by atoms with Crippen LogP contribution in [0.25, 0.3) is 0 Å². The van der Waals surface area contributed by atoms with Crippen molar-refractivity contribution in [3.8, 4) is 0 Å². The van der Waals surface area contributed by atoms with Crippen LogP contribution in [0.5, 0.6) is 0 Å². The van der Waals surface area contributed by atoms with Crippen LogP contribution in [-0.4, -0.2) is 6.54 Å². The molecule has 1 aliphatic carbocycles. The lowest BCUT2D eigenvalue weighted by Crippen LogP contribution is -2.29. The van der Waals surface area contributed by atoms with Gasteiger partial charge >= 0.3 is 0 Å². The lowest BCUT2D eigenvalue weighted by atomic mass is 9.90. The second-order valence-electron chi connectivity index (χ2n) is 5.15. The molecular weight excluding hydrogens is 230 g/mol. The molecule has 2 rings (SSSR count). The molecule has 0 heterocycles.